The molecule has 0 aliphatic heterocycles. The number of hydrogen-bond donors (Lipinski definition) is 3. The van der Waals surface area contributed by atoms with E-state index in [4.69, 9.17) is 10.8 Å². The van der Waals surface area contributed by atoms with Crippen LogP contribution in [0.4, 0.5) is 10.6 Å². The number of carbonyl (C=O) groups excluding carboxylic acids is 1. The van der Waals surface area contributed by atoms with Crippen molar-refractivity contribution in [1.29, 1.82) is 0 Å². The molecule has 0 unspecified atom stereocenters. The van der Waals surface area contributed by atoms with Crippen molar-refractivity contribution < 1.29 is 9.90 Å². The molecule has 0 aliphatic rings. The van der Waals surface area contributed by atoms with Crippen molar-refractivity contribution in [2.24, 2.45) is 5.73 Å². The van der Waals surface area contributed by atoms with Gasteiger partial charge in [-0.2, -0.15) is 10.2 Å². The average Bonchev–Trinajstić information content (AvgIpc) is 3.14. The van der Waals surface area contributed by atoms with E-state index in [0.29, 0.717) is 18.1 Å². The largest absolute Gasteiger partial charge is 0.394 e. The highest BCUT2D eigenvalue weighted by Gasteiger charge is 2.19. The van der Waals surface area contributed by atoms with Gasteiger partial charge in [0.1, 0.15) is 11.5 Å². The molecule has 0 radical (unpaired) electrons. The van der Waals surface area contributed by atoms with Gasteiger partial charge in [0.05, 0.1) is 25.0 Å². The second-order valence-electron chi connectivity index (χ2n) is 5.27. The maximum Gasteiger partial charge on any atom is 0.317 e. The van der Waals surface area contributed by atoms with E-state index in [1.165, 1.54) is 0 Å². The van der Waals surface area contributed by atoms with Gasteiger partial charge in [-0.05, 0) is 19.1 Å². The fourth-order valence-electron chi connectivity index (χ4n) is 2.50. The highest BCUT2D eigenvalue weighted by Crippen LogP contribution is 2.30. The van der Waals surface area contributed by atoms with Gasteiger partial charge in [-0.15, -0.1) is 0 Å². The summed E-state index contributed by atoms with van der Waals surface area (Å²) in [6, 6.07) is 8.80. The van der Waals surface area contributed by atoms with E-state index < -0.39 is 6.03 Å². The SMILES string of the molecule is Cc1c(-c2cnn(CCO)c2)nn(-c2ccccc2)c1NC(N)=O. The number of hydrogen-bond acceptors (Lipinski definition) is 4. The summed E-state index contributed by atoms with van der Waals surface area (Å²) in [5.74, 6) is 0.513. The molecule has 0 bridgehead atoms. The molecule has 3 aromatic rings. The minimum Gasteiger partial charge on any atom is -0.394 e. The number of amides is 2. The Bertz CT molecular complexity index is 853. The zero-order valence-corrected chi connectivity index (χ0v) is 13.2. The molecule has 2 amide bonds. The van der Waals surface area contributed by atoms with E-state index in [9.17, 15) is 4.79 Å². The number of nitrogens with two attached hydrogens (primary N) is 1. The third-order valence-corrected chi connectivity index (χ3v) is 3.60. The van der Waals surface area contributed by atoms with Crippen LogP contribution in [0.1, 0.15) is 5.56 Å². The van der Waals surface area contributed by atoms with Crippen molar-refractivity contribution in [2.75, 3.05) is 11.9 Å². The zero-order chi connectivity index (χ0) is 17.1. The van der Waals surface area contributed by atoms with Gasteiger partial charge in [-0.1, -0.05) is 18.2 Å². The van der Waals surface area contributed by atoms with Crippen LogP contribution in [-0.2, 0) is 6.54 Å². The van der Waals surface area contributed by atoms with E-state index in [-0.39, 0.29) is 6.61 Å². The lowest BCUT2D eigenvalue weighted by atomic mass is 10.1. The molecule has 2 heterocycles. The Hall–Kier alpha value is -3.13. The van der Waals surface area contributed by atoms with Gasteiger partial charge in [-0.3, -0.25) is 10.00 Å². The number of rotatable bonds is 5. The monoisotopic (exact) mass is 326 g/mol. The van der Waals surface area contributed by atoms with Gasteiger partial charge >= 0.3 is 6.03 Å². The summed E-state index contributed by atoms with van der Waals surface area (Å²) >= 11 is 0. The highest BCUT2D eigenvalue weighted by molar-refractivity contribution is 5.89. The van der Waals surface area contributed by atoms with Gasteiger partial charge in [0, 0.05) is 17.3 Å². The van der Waals surface area contributed by atoms with Crippen LogP contribution in [0.25, 0.3) is 16.9 Å². The molecule has 124 valence electrons. The molecular weight excluding hydrogens is 308 g/mol. The fourth-order valence-corrected chi connectivity index (χ4v) is 2.50. The third-order valence-electron chi connectivity index (χ3n) is 3.60. The molecule has 0 fully saturated rings. The molecule has 0 saturated heterocycles. The van der Waals surface area contributed by atoms with Crippen LogP contribution in [0.15, 0.2) is 42.7 Å². The van der Waals surface area contributed by atoms with Crippen LogP contribution in [-0.4, -0.2) is 37.3 Å². The minimum atomic E-state index is -0.655. The lowest BCUT2D eigenvalue weighted by molar-refractivity contribution is 0.259. The Kier molecular flexibility index (Phi) is 4.30. The van der Waals surface area contributed by atoms with Gasteiger partial charge in [0.25, 0.3) is 0 Å². The Balaban J connectivity index is 2.10. The topological polar surface area (TPSA) is 111 Å². The summed E-state index contributed by atoms with van der Waals surface area (Å²) in [7, 11) is 0. The summed E-state index contributed by atoms with van der Waals surface area (Å²) in [6.45, 7) is 2.27. The van der Waals surface area contributed by atoms with Crippen LogP contribution >= 0.6 is 0 Å². The number of aromatic nitrogens is 4. The number of urea groups is 1. The fraction of sp³-hybridized carbons (Fsp3) is 0.188. The first kappa shape index (κ1) is 15.8. The van der Waals surface area contributed by atoms with Crippen LogP contribution < -0.4 is 11.1 Å². The summed E-state index contributed by atoms with van der Waals surface area (Å²) < 4.78 is 3.27. The Labute approximate surface area is 138 Å². The van der Waals surface area contributed by atoms with E-state index in [1.54, 1.807) is 21.8 Å². The van der Waals surface area contributed by atoms with Crippen molar-refractivity contribution in [2.45, 2.75) is 13.5 Å². The van der Waals surface area contributed by atoms with Crippen LogP contribution in [0.5, 0.6) is 0 Å². The predicted octanol–water partition coefficient (Wildman–Crippen LogP) is 1.53. The Morgan fingerprint density at radius 1 is 1.33 bits per heavy atom. The minimum absolute atomic E-state index is 0.00698. The molecule has 24 heavy (non-hydrogen) atoms. The molecule has 2 aromatic heterocycles. The van der Waals surface area contributed by atoms with Crippen LogP contribution in [0.2, 0.25) is 0 Å². The van der Waals surface area contributed by atoms with E-state index in [2.05, 4.69) is 15.5 Å². The lowest BCUT2D eigenvalue weighted by Gasteiger charge is -2.07. The Morgan fingerprint density at radius 2 is 2.08 bits per heavy atom. The maximum atomic E-state index is 11.4. The number of anilines is 1. The average molecular weight is 326 g/mol. The van der Waals surface area contributed by atoms with Crippen molar-refractivity contribution in [1.82, 2.24) is 19.6 Å². The molecule has 0 saturated carbocycles. The second-order valence-corrected chi connectivity index (χ2v) is 5.27. The summed E-state index contributed by atoms with van der Waals surface area (Å²) in [5, 5.41) is 20.4. The summed E-state index contributed by atoms with van der Waals surface area (Å²) in [6.07, 6.45) is 3.48. The predicted molar refractivity (Wildman–Crippen MR) is 89.8 cm³/mol. The second kappa shape index (κ2) is 6.55. The quantitative estimate of drug-likeness (QED) is 0.660. The first-order chi connectivity index (χ1) is 11.6. The van der Waals surface area contributed by atoms with Gasteiger partial charge in [-0.25, -0.2) is 9.48 Å². The number of aliphatic hydroxyl groups excluding tert-OH is 1. The zero-order valence-electron chi connectivity index (χ0n) is 13.2. The smallest absolute Gasteiger partial charge is 0.317 e. The number of primary amides is 1. The number of nitrogens with one attached hydrogen (secondary N) is 1. The van der Waals surface area contributed by atoms with Crippen LogP contribution in [0.3, 0.4) is 0 Å². The molecule has 8 heteroatoms. The van der Waals surface area contributed by atoms with Crippen LogP contribution in [0, 0.1) is 6.92 Å². The standard InChI is InChI=1S/C16H18N6O2/c1-11-14(12-9-18-21(10-12)7-8-23)20-22(15(11)19-16(17)24)13-5-3-2-4-6-13/h2-6,9-10,23H,7-8H2,1H3,(H3,17,19,24). The van der Waals surface area contributed by atoms with Crippen molar-refractivity contribution in [3.63, 3.8) is 0 Å². The Morgan fingerprint density at radius 3 is 2.75 bits per heavy atom. The molecule has 0 atom stereocenters. The molecule has 8 nitrogen and oxygen atoms in total. The molecule has 0 spiro atoms. The molecule has 3 rings (SSSR count). The van der Waals surface area contributed by atoms with Crippen molar-refractivity contribution >= 4 is 11.8 Å². The molecule has 1 aromatic carbocycles. The molecule has 0 aliphatic carbocycles. The number of carbonyl (C=O) groups is 1. The lowest BCUT2D eigenvalue weighted by Crippen LogP contribution is -2.21. The summed E-state index contributed by atoms with van der Waals surface area (Å²) in [5.41, 5.74) is 8.36. The first-order valence-corrected chi connectivity index (χ1v) is 7.45. The number of benzene rings is 1. The van der Waals surface area contributed by atoms with Gasteiger partial charge < -0.3 is 10.8 Å². The maximum absolute atomic E-state index is 11.4. The van der Waals surface area contributed by atoms with Crippen molar-refractivity contribution in [3.05, 3.63) is 48.3 Å². The molecule has 4 N–H and O–H groups in total. The van der Waals surface area contributed by atoms with E-state index in [1.807, 2.05) is 37.3 Å². The summed E-state index contributed by atoms with van der Waals surface area (Å²) in [4.78, 5) is 11.4. The molecular formula is C16H18N6O2. The normalized spacial score (nSPS) is 10.8. The number of nitrogens with zero attached hydrogens (tertiary/aromatic N) is 4. The van der Waals surface area contributed by atoms with Gasteiger partial charge in [0.15, 0.2) is 0 Å². The van der Waals surface area contributed by atoms with Crippen molar-refractivity contribution in [3.8, 4) is 16.9 Å². The number of para-hydroxylation sites is 1. The van der Waals surface area contributed by atoms with Gasteiger partial charge in [0.2, 0.25) is 0 Å². The number of aliphatic hydroxyl groups is 1. The van der Waals surface area contributed by atoms with E-state index in [0.717, 1.165) is 16.8 Å². The van der Waals surface area contributed by atoms with E-state index >= 15 is 0 Å². The first-order valence-electron chi connectivity index (χ1n) is 7.45. The third kappa shape index (κ3) is 2.99. The highest BCUT2D eigenvalue weighted by atomic mass is 16.3.